The number of carbonyl (C=O) groups is 2. The molecule has 4 fully saturated rings. The van der Waals surface area contributed by atoms with Crippen molar-refractivity contribution in [1.29, 1.82) is 0 Å². The van der Waals surface area contributed by atoms with Crippen LogP contribution >= 0.6 is 0 Å². The molecule has 150 valence electrons. The van der Waals surface area contributed by atoms with Crippen LogP contribution in [0.4, 0.5) is 5.69 Å². The summed E-state index contributed by atoms with van der Waals surface area (Å²) in [7, 11) is 1.32. The molecule has 2 unspecified atom stereocenters. The Bertz CT molecular complexity index is 805. The number of ether oxygens (including phenoxy) is 1. The molecule has 7 heteroatoms. The number of esters is 1. The summed E-state index contributed by atoms with van der Waals surface area (Å²) in [6, 6.07) is 6.21. The van der Waals surface area contributed by atoms with Crippen LogP contribution in [0.5, 0.6) is 0 Å². The molecule has 5 atom stereocenters. The van der Waals surface area contributed by atoms with Gasteiger partial charge in [0, 0.05) is 12.1 Å². The Morgan fingerprint density at radius 2 is 1.79 bits per heavy atom. The molecule has 4 saturated carbocycles. The zero-order valence-electron chi connectivity index (χ0n) is 16.3. The highest BCUT2D eigenvalue weighted by atomic mass is 16.6. The summed E-state index contributed by atoms with van der Waals surface area (Å²) in [5.74, 6) is 0.472. The van der Waals surface area contributed by atoms with Crippen LogP contribution in [-0.2, 0) is 19.7 Å². The van der Waals surface area contributed by atoms with Crippen LogP contribution < -0.4 is 5.32 Å². The molecule has 1 N–H and O–H groups in total. The van der Waals surface area contributed by atoms with Gasteiger partial charge in [-0.05, 0) is 68.3 Å². The fourth-order valence-corrected chi connectivity index (χ4v) is 6.39. The van der Waals surface area contributed by atoms with Gasteiger partial charge in [-0.15, -0.1) is 0 Å². The molecule has 1 amide bonds. The first-order valence-corrected chi connectivity index (χ1v) is 9.91. The molecule has 0 saturated heterocycles. The standard InChI is InChI=1S/C21H26N2O5/c1-13(18(24)28-2)22-19(25)21-10-14-7-15(11-21)9-20(8-14,12-21)16-3-5-17(6-4-16)23(26)27/h3-6,13-15H,7-12H2,1-2H3,(H,22,25)/t13-,14-,15+,20?,21?/m0/s1. The Labute approximate surface area is 164 Å². The monoisotopic (exact) mass is 386 g/mol. The second-order valence-corrected chi connectivity index (χ2v) is 9.04. The number of hydrogen-bond acceptors (Lipinski definition) is 5. The molecule has 28 heavy (non-hydrogen) atoms. The summed E-state index contributed by atoms with van der Waals surface area (Å²) in [6.07, 6.45) is 5.67. The van der Waals surface area contributed by atoms with E-state index in [9.17, 15) is 19.7 Å². The van der Waals surface area contributed by atoms with E-state index in [1.807, 2.05) is 12.1 Å². The van der Waals surface area contributed by atoms with Crippen LogP contribution in [0.1, 0.15) is 51.0 Å². The first-order chi connectivity index (χ1) is 13.3. The maximum Gasteiger partial charge on any atom is 0.328 e. The predicted molar refractivity (Wildman–Crippen MR) is 102 cm³/mol. The number of nitro groups is 1. The van der Waals surface area contributed by atoms with Crippen LogP contribution in [0.15, 0.2) is 24.3 Å². The molecule has 0 heterocycles. The molecule has 0 aromatic heterocycles. The third kappa shape index (κ3) is 2.97. The molecule has 0 aliphatic heterocycles. The molecule has 7 nitrogen and oxygen atoms in total. The molecular weight excluding hydrogens is 360 g/mol. The van der Waals surface area contributed by atoms with Gasteiger partial charge >= 0.3 is 5.97 Å². The number of nitrogens with one attached hydrogen (secondary N) is 1. The van der Waals surface area contributed by atoms with Crippen molar-refractivity contribution < 1.29 is 19.2 Å². The van der Waals surface area contributed by atoms with Gasteiger partial charge in [-0.3, -0.25) is 14.9 Å². The summed E-state index contributed by atoms with van der Waals surface area (Å²) in [5.41, 5.74) is 0.623. The van der Waals surface area contributed by atoms with Crippen LogP contribution in [0.25, 0.3) is 0 Å². The highest BCUT2D eigenvalue weighted by Crippen LogP contribution is 2.65. The summed E-state index contributed by atoms with van der Waals surface area (Å²) in [5, 5.41) is 13.9. The molecule has 4 bridgehead atoms. The first-order valence-electron chi connectivity index (χ1n) is 9.91. The second kappa shape index (κ2) is 6.57. The molecule has 0 spiro atoms. The normalized spacial score (nSPS) is 33.9. The lowest BCUT2D eigenvalue weighted by atomic mass is 9.42. The van der Waals surface area contributed by atoms with E-state index in [-0.39, 0.29) is 21.9 Å². The van der Waals surface area contributed by atoms with Crippen LogP contribution in [0.3, 0.4) is 0 Å². The smallest absolute Gasteiger partial charge is 0.328 e. The summed E-state index contributed by atoms with van der Waals surface area (Å²) >= 11 is 0. The highest BCUT2D eigenvalue weighted by molar-refractivity contribution is 5.88. The summed E-state index contributed by atoms with van der Waals surface area (Å²) in [6.45, 7) is 1.65. The van der Waals surface area contributed by atoms with E-state index < -0.39 is 17.4 Å². The van der Waals surface area contributed by atoms with Crippen molar-refractivity contribution >= 4 is 17.6 Å². The Morgan fingerprint density at radius 3 is 2.32 bits per heavy atom. The van der Waals surface area contributed by atoms with Crippen molar-refractivity contribution in [2.75, 3.05) is 7.11 Å². The van der Waals surface area contributed by atoms with Gasteiger partial charge in [0.05, 0.1) is 17.4 Å². The van der Waals surface area contributed by atoms with Crippen molar-refractivity contribution in [3.05, 3.63) is 39.9 Å². The highest BCUT2D eigenvalue weighted by Gasteiger charge is 2.61. The van der Waals surface area contributed by atoms with Gasteiger partial charge in [-0.2, -0.15) is 0 Å². The van der Waals surface area contributed by atoms with Crippen molar-refractivity contribution in [1.82, 2.24) is 5.32 Å². The number of rotatable bonds is 5. The zero-order valence-corrected chi connectivity index (χ0v) is 16.3. The predicted octanol–water partition coefficient (Wildman–Crippen LogP) is 3.11. The molecule has 0 radical (unpaired) electrons. The molecule has 4 aliphatic carbocycles. The number of nitrogens with zero attached hydrogens (tertiary/aromatic N) is 1. The van der Waals surface area contributed by atoms with Gasteiger partial charge in [-0.1, -0.05) is 12.1 Å². The summed E-state index contributed by atoms with van der Waals surface area (Å²) < 4.78 is 4.74. The maximum absolute atomic E-state index is 13.2. The van der Waals surface area contributed by atoms with Gasteiger partial charge in [-0.25, -0.2) is 4.79 Å². The second-order valence-electron chi connectivity index (χ2n) is 9.04. The summed E-state index contributed by atoms with van der Waals surface area (Å²) in [4.78, 5) is 35.6. The van der Waals surface area contributed by atoms with E-state index in [4.69, 9.17) is 4.74 Å². The van der Waals surface area contributed by atoms with Crippen LogP contribution in [0.2, 0.25) is 0 Å². The molecular formula is C21H26N2O5. The lowest BCUT2D eigenvalue weighted by Crippen LogP contribution is -2.60. The Kier molecular flexibility index (Phi) is 4.43. The van der Waals surface area contributed by atoms with E-state index >= 15 is 0 Å². The van der Waals surface area contributed by atoms with E-state index in [0.717, 1.165) is 44.1 Å². The van der Waals surface area contributed by atoms with Crippen molar-refractivity contribution in [3.8, 4) is 0 Å². The average molecular weight is 386 g/mol. The van der Waals surface area contributed by atoms with E-state index in [0.29, 0.717) is 11.8 Å². The zero-order chi connectivity index (χ0) is 20.1. The molecule has 1 aromatic rings. The topological polar surface area (TPSA) is 98.5 Å². The number of non-ortho nitro benzene ring substituents is 1. The Balaban J connectivity index is 1.62. The van der Waals surface area contributed by atoms with Gasteiger partial charge in [0.25, 0.3) is 5.69 Å². The van der Waals surface area contributed by atoms with Crippen molar-refractivity contribution in [2.45, 2.75) is 56.9 Å². The fraction of sp³-hybridized carbons (Fsp3) is 0.619. The Hall–Kier alpha value is -2.44. The Morgan fingerprint density at radius 1 is 1.18 bits per heavy atom. The van der Waals surface area contributed by atoms with Crippen LogP contribution in [-0.4, -0.2) is 30.0 Å². The van der Waals surface area contributed by atoms with E-state index in [1.165, 1.54) is 7.11 Å². The quantitative estimate of drug-likeness (QED) is 0.476. The number of carbonyl (C=O) groups excluding carboxylic acids is 2. The number of benzene rings is 1. The lowest BCUT2D eigenvalue weighted by molar-refractivity contribution is -0.384. The van der Waals surface area contributed by atoms with Crippen molar-refractivity contribution in [3.63, 3.8) is 0 Å². The fourth-order valence-electron chi connectivity index (χ4n) is 6.39. The average Bonchev–Trinajstić information content (AvgIpc) is 2.66. The van der Waals surface area contributed by atoms with Gasteiger partial charge in [0.2, 0.25) is 5.91 Å². The number of methoxy groups -OCH3 is 1. The minimum atomic E-state index is -0.666. The number of nitro benzene ring substituents is 1. The maximum atomic E-state index is 13.2. The van der Waals surface area contributed by atoms with Crippen molar-refractivity contribution in [2.24, 2.45) is 17.3 Å². The third-order valence-electron chi connectivity index (χ3n) is 7.14. The minimum Gasteiger partial charge on any atom is -0.467 e. The van der Waals surface area contributed by atoms with Gasteiger partial charge in [0.1, 0.15) is 6.04 Å². The third-order valence-corrected chi connectivity index (χ3v) is 7.14. The largest absolute Gasteiger partial charge is 0.467 e. The van der Waals surface area contributed by atoms with E-state index in [1.54, 1.807) is 19.1 Å². The number of amides is 1. The first kappa shape index (κ1) is 18.9. The minimum absolute atomic E-state index is 0.0502. The molecule has 1 aromatic carbocycles. The van der Waals surface area contributed by atoms with Gasteiger partial charge in [0.15, 0.2) is 0 Å². The van der Waals surface area contributed by atoms with Gasteiger partial charge < -0.3 is 10.1 Å². The molecule has 5 rings (SSSR count). The molecule has 4 aliphatic rings. The lowest BCUT2D eigenvalue weighted by Gasteiger charge is -2.61. The SMILES string of the molecule is COC(=O)[C@H](C)NC(=O)C12C[C@H]3C[C@@H](C1)CC(c1ccc([N+](=O)[O-])cc1)(C3)C2. The number of hydrogen-bond donors (Lipinski definition) is 1. The van der Waals surface area contributed by atoms with Crippen LogP contribution in [0, 0.1) is 27.4 Å². The van der Waals surface area contributed by atoms with E-state index in [2.05, 4.69) is 5.32 Å².